The molecule has 0 spiro atoms. The molecule has 1 aromatic rings. The highest BCUT2D eigenvalue weighted by atomic mass is 19.1. The normalized spacial score (nSPS) is 19.2. The first-order valence-electron chi connectivity index (χ1n) is 6.25. The first-order chi connectivity index (χ1) is 9.16. The quantitative estimate of drug-likeness (QED) is 0.869. The first-order valence-corrected chi connectivity index (χ1v) is 6.25. The van der Waals surface area contributed by atoms with Crippen LogP contribution in [0.1, 0.15) is 6.42 Å². The lowest BCUT2D eigenvalue weighted by molar-refractivity contribution is 0.124. The molecule has 0 bridgehead atoms. The Kier molecular flexibility index (Phi) is 4.57. The second-order valence-corrected chi connectivity index (χ2v) is 4.45. The Morgan fingerprint density at radius 3 is 3.05 bits per heavy atom. The Morgan fingerprint density at radius 2 is 2.32 bits per heavy atom. The van der Waals surface area contributed by atoms with E-state index in [0.29, 0.717) is 32.7 Å². The summed E-state index contributed by atoms with van der Waals surface area (Å²) in [5.74, 6) is -0.153. The monoisotopic (exact) mass is 268 g/mol. The molecular formula is C13H17FN2O3. The lowest BCUT2D eigenvalue weighted by Crippen LogP contribution is -2.52. The maximum atomic E-state index is 13.3. The minimum atomic E-state index is -0.901. The number of carbonyl (C=O) groups is 1. The van der Waals surface area contributed by atoms with Gasteiger partial charge in [-0.25, -0.2) is 9.18 Å². The van der Waals surface area contributed by atoms with E-state index in [4.69, 9.17) is 9.84 Å². The lowest BCUT2D eigenvalue weighted by atomic mass is 10.1. The van der Waals surface area contributed by atoms with Crippen molar-refractivity contribution in [2.75, 3.05) is 26.2 Å². The van der Waals surface area contributed by atoms with Crippen molar-refractivity contribution in [1.82, 2.24) is 10.2 Å². The summed E-state index contributed by atoms with van der Waals surface area (Å²) in [6.07, 6.45) is -0.264. The molecule has 0 aliphatic carbocycles. The van der Waals surface area contributed by atoms with Crippen molar-refractivity contribution in [2.45, 2.75) is 12.5 Å². The first kappa shape index (κ1) is 13.6. The molecule has 0 radical (unpaired) electrons. The van der Waals surface area contributed by atoms with Crippen LogP contribution in [-0.4, -0.2) is 48.4 Å². The van der Waals surface area contributed by atoms with Gasteiger partial charge in [0, 0.05) is 25.7 Å². The van der Waals surface area contributed by atoms with Crippen molar-refractivity contribution in [2.24, 2.45) is 0 Å². The second-order valence-electron chi connectivity index (χ2n) is 4.45. The van der Waals surface area contributed by atoms with E-state index in [1.807, 2.05) is 0 Å². The summed E-state index contributed by atoms with van der Waals surface area (Å²) in [6.45, 7) is 1.93. The van der Waals surface area contributed by atoms with Crippen LogP contribution in [0.25, 0.3) is 0 Å². The van der Waals surface area contributed by atoms with Gasteiger partial charge in [-0.1, -0.05) is 12.1 Å². The summed E-state index contributed by atoms with van der Waals surface area (Å²) < 4.78 is 18.7. The van der Waals surface area contributed by atoms with Crippen molar-refractivity contribution in [1.29, 1.82) is 0 Å². The summed E-state index contributed by atoms with van der Waals surface area (Å²) in [7, 11) is 0. The van der Waals surface area contributed by atoms with Gasteiger partial charge < -0.3 is 20.1 Å². The molecule has 1 amide bonds. The second kappa shape index (κ2) is 6.38. The summed E-state index contributed by atoms with van der Waals surface area (Å²) in [5, 5.41) is 12.1. The van der Waals surface area contributed by atoms with Crippen LogP contribution in [0, 0.1) is 5.82 Å². The minimum Gasteiger partial charge on any atom is -0.490 e. The molecule has 1 fully saturated rings. The number of ether oxygens (including phenoxy) is 1. The highest BCUT2D eigenvalue weighted by Crippen LogP contribution is 2.15. The van der Waals surface area contributed by atoms with Crippen molar-refractivity contribution in [3.05, 3.63) is 30.1 Å². The molecule has 1 aliphatic heterocycles. The average molecular weight is 268 g/mol. The number of carboxylic acid groups (broad SMARTS) is 1. The van der Waals surface area contributed by atoms with Gasteiger partial charge in [0.2, 0.25) is 0 Å². The Hall–Kier alpha value is -1.82. The fourth-order valence-corrected chi connectivity index (χ4v) is 2.07. The van der Waals surface area contributed by atoms with E-state index in [9.17, 15) is 9.18 Å². The summed E-state index contributed by atoms with van der Waals surface area (Å²) in [6, 6.07) is 6.30. The van der Waals surface area contributed by atoms with Gasteiger partial charge >= 0.3 is 6.09 Å². The van der Waals surface area contributed by atoms with Crippen LogP contribution in [0.2, 0.25) is 0 Å². The fraction of sp³-hybridized carbons (Fsp3) is 0.462. The third kappa shape index (κ3) is 3.82. The van der Waals surface area contributed by atoms with Gasteiger partial charge in [-0.2, -0.15) is 0 Å². The molecule has 5 nitrogen and oxygen atoms in total. The number of nitrogens with one attached hydrogen (secondary N) is 1. The molecule has 2 rings (SSSR count). The molecule has 6 heteroatoms. The molecule has 1 heterocycles. The lowest BCUT2D eigenvalue weighted by Gasteiger charge is -2.31. The summed E-state index contributed by atoms with van der Waals surface area (Å²) in [4.78, 5) is 12.2. The molecule has 0 unspecified atom stereocenters. The average Bonchev–Trinajstić information content (AvgIpc) is 2.41. The van der Waals surface area contributed by atoms with Crippen LogP contribution in [0.3, 0.4) is 0 Å². The Balaban J connectivity index is 1.77. The van der Waals surface area contributed by atoms with Crippen molar-refractivity contribution < 1.29 is 19.0 Å². The summed E-state index contributed by atoms with van der Waals surface area (Å²) >= 11 is 0. The van der Waals surface area contributed by atoms with E-state index in [1.54, 1.807) is 18.2 Å². The van der Waals surface area contributed by atoms with Crippen LogP contribution in [-0.2, 0) is 0 Å². The highest BCUT2D eigenvalue weighted by Gasteiger charge is 2.22. The zero-order chi connectivity index (χ0) is 13.7. The maximum Gasteiger partial charge on any atom is 0.407 e. The molecule has 2 N–H and O–H groups in total. The molecule has 1 saturated heterocycles. The molecule has 19 heavy (non-hydrogen) atoms. The SMILES string of the molecule is O=C(O)N1CCN[C@H](CCOc2ccccc2F)C1. The molecular weight excluding hydrogens is 251 g/mol. The minimum absolute atomic E-state index is 0.0524. The van der Waals surface area contributed by atoms with Crippen LogP contribution < -0.4 is 10.1 Å². The van der Waals surface area contributed by atoms with Crippen LogP contribution in [0.5, 0.6) is 5.75 Å². The molecule has 0 aromatic heterocycles. The van der Waals surface area contributed by atoms with Gasteiger partial charge in [0.05, 0.1) is 6.61 Å². The standard InChI is InChI=1S/C13H17FN2O3/c14-11-3-1-2-4-12(11)19-8-5-10-9-16(13(17)18)7-6-15-10/h1-4,10,15H,5-9H2,(H,17,18)/t10-/m1/s1. The van der Waals surface area contributed by atoms with Gasteiger partial charge in [0.15, 0.2) is 11.6 Å². The molecule has 1 aliphatic rings. The number of hydrogen-bond donors (Lipinski definition) is 2. The number of rotatable bonds is 4. The third-order valence-electron chi connectivity index (χ3n) is 3.09. The van der Waals surface area contributed by atoms with Gasteiger partial charge in [0.25, 0.3) is 0 Å². The van der Waals surface area contributed by atoms with E-state index in [-0.39, 0.29) is 17.6 Å². The molecule has 1 aromatic carbocycles. The number of para-hydroxylation sites is 1. The van der Waals surface area contributed by atoms with E-state index in [1.165, 1.54) is 11.0 Å². The van der Waals surface area contributed by atoms with E-state index < -0.39 is 6.09 Å². The number of halogens is 1. The zero-order valence-electron chi connectivity index (χ0n) is 10.5. The van der Waals surface area contributed by atoms with Gasteiger partial charge in [0.1, 0.15) is 0 Å². The smallest absolute Gasteiger partial charge is 0.407 e. The number of nitrogens with zero attached hydrogens (tertiary/aromatic N) is 1. The number of benzene rings is 1. The number of piperazine rings is 1. The number of hydrogen-bond acceptors (Lipinski definition) is 3. The van der Waals surface area contributed by atoms with E-state index in [2.05, 4.69) is 5.32 Å². The fourth-order valence-electron chi connectivity index (χ4n) is 2.07. The maximum absolute atomic E-state index is 13.3. The van der Waals surface area contributed by atoms with Crippen LogP contribution in [0.4, 0.5) is 9.18 Å². The molecule has 104 valence electrons. The van der Waals surface area contributed by atoms with E-state index >= 15 is 0 Å². The Bertz CT molecular complexity index is 442. The summed E-state index contributed by atoms with van der Waals surface area (Å²) in [5.41, 5.74) is 0. The topological polar surface area (TPSA) is 61.8 Å². The largest absolute Gasteiger partial charge is 0.490 e. The predicted octanol–water partition coefficient (Wildman–Crippen LogP) is 1.55. The predicted molar refractivity (Wildman–Crippen MR) is 67.9 cm³/mol. The third-order valence-corrected chi connectivity index (χ3v) is 3.09. The van der Waals surface area contributed by atoms with E-state index in [0.717, 1.165) is 0 Å². The van der Waals surface area contributed by atoms with Crippen LogP contribution >= 0.6 is 0 Å². The number of amides is 1. The van der Waals surface area contributed by atoms with Gasteiger partial charge in [-0.3, -0.25) is 0 Å². The highest BCUT2D eigenvalue weighted by molar-refractivity contribution is 5.65. The van der Waals surface area contributed by atoms with Crippen molar-refractivity contribution in [3.8, 4) is 5.75 Å². The van der Waals surface area contributed by atoms with Crippen molar-refractivity contribution in [3.63, 3.8) is 0 Å². The zero-order valence-corrected chi connectivity index (χ0v) is 10.5. The molecule has 1 atom stereocenters. The van der Waals surface area contributed by atoms with Gasteiger partial charge in [-0.15, -0.1) is 0 Å². The van der Waals surface area contributed by atoms with Gasteiger partial charge in [-0.05, 0) is 18.6 Å². The Morgan fingerprint density at radius 1 is 1.53 bits per heavy atom. The van der Waals surface area contributed by atoms with Crippen LogP contribution in [0.15, 0.2) is 24.3 Å². The van der Waals surface area contributed by atoms with Crippen molar-refractivity contribution >= 4 is 6.09 Å². The Labute approximate surface area is 111 Å². The molecule has 0 saturated carbocycles.